The number of rotatable bonds is 3. The van der Waals surface area contributed by atoms with E-state index in [-0.39, 0.29) is 6.04 Å². The lowest BCUT2D eigenvalue weighted by atomic mass is 10.1. The van der Waals surface area contributed by atoms with Gasteiger partial charge in [-0.15, -0.1) is 0 Å². The molecule has 1 unspecified atom stereocenters. The summed E-state index contributed by atoms with van der Waals surface area (Å²) in [5.41, 5.74) is 2.27. The molecule has 4 heteroatoms. The Morgan fingerprint density at radius 1 is 1.11 bits per heavy atom. The Morgan fingerprint density at radius 2 is 1.89 bits per heavy atom. The predicted molar refractivity (Wildman–Crippen MR) is 85.3 cm³/mol. The fourth-order valence-electron chi connectivity index (χ4n) is 1.70. The van der Waals surface area contributed by atoms with Crippen LogP contribution in [0.25, 0.3) is 0 Å². The molecule has 94 valence electrons. The highest BCUT2D eigenvalue weighted by Gasteiger charge is 2.06. The highest BCUT2D eigenvalue weighted by molar-refractivity contribution is 9.10. The van der Waals surface area contributed by atoms with E-state index in [1.807, 2.05) is 30.3 Å². The summed E-state index contributed by atoms with van der Waals surface area (Å²) in [4.78, 5) is 0. The topological polar surface area (TPSA) is 12.0 Å². The molecule has 0 fully saturated rings. The number of halogens is 3. The van der Waals surface area contributed by atoms with Gasteiger partial charge in [-0.1, -0.05) is 39.7 Å². The first-order valence-electron chi connectivity index (χ1n) is 5.53. The average molecular weight is 390 g/mol. The van der Waals surface area contributed by atoms with E-state index in [1.54, 1.807) is 0 Å². The Balaban J connectivity index is 2.16. The minimum absolute atomic E-state index is 0.232. The van der Waals surface area contributed by atoms with Gasteiger partial charge >= 0.3 is 0 Å². The van der Waals surface area contributed by atoms with E-state index in [0.29, 0.717) is 0 Å². The molecule has 0 aliphatic rings. The summed E-state index contributed by atoms with van der Waals surface area (Å²) in [6.07, 6.45) is 0. The van der Waals surface area contributed by atoms with Crippen molar-refractivity contribution in [3.63, 3.8) is 0 Å². The summed E-state index contributed by atoms with van der Waals surface area (Å²) in [5, 5.41) is 4.16. The average Bonchev–Trinajstić information content (AvgIpc) is 2.34. The fraction of sp³-hybridized carbons (Fsp3) is 0.143. The summed E-state index contributed by atoms with van der Waals surface area (Å²) in [7, 11) is 0. The second-order valence-corrected chi connectivity index (χ2v) is 6.23. The molecule has 0 saturated heterocycles. The maximum Gasteiger partial charge on any atom is 0.0549 e. The largest absolute Gasteiger partial charge is 0.378 e. The van der Waals surface area contributed by atoms with Gasteiger partial charge in [0.15, 0.2) is 0 Å². The van der Waals surface area contributed by atoms with Crippen molar-refractivity contribution in [1.82, 2.24) is 0 Å². The maximum atomic E-state index is 5.97. The van der Waals surface area contributed by atoms with Crippen molar-refractivity contribution in [2.75, 3.05) is 5.32 Å². The molecule has 0 heterocycles. The molecule has 0 amide bonds. The smallest absolute Gasteiger partial charge is 0.0549 e. The molecule has 2 aromatic carbocycles. The lowest BCUT2D eigenvalue weighted by Crippen LogP contribution is -2.06. The van der Waals surface area contributed by atoms with Crippen LogP contribution in [0.2, 0.25) is 5.02 Å². The van der Waals surface area contributed by atoms with E-state index in [4.69, 9.17) is 11.6 Å². The highest BCUT2D eigenvalue weighted by Crippen LogP contribution is 2.28. The number of benzene rings is 2. The summed E-state index contributed by atoms with van der Waals surface area (Å²) in [6.45, 7) is 2.13. The molecular formula is C14H12Br2ClN. The summed E-state index contributed by atoms with van der Waals surface area (Å²) < 4.78 is 1.99. The normalized spacial score (nSPS) is 12.2. The van der Waals surface area contributed by atoms with Crippen molar-refractivity contribution in [3.05, 3.63) is 62.0 Å². The molecule has 0 spiro atoms. The molecule has 0 aliphatic carbocycles. The minimum atomic E-state index is 0.232. The van der Waals surface area contributed by atoms with E-state index < -0.39 is 0 Å². The monoisotopic (exact) mass is 387 g/mol. The first kappa shape index (κ1) is 13.9. The van der Waals surface area contributed by atoms with Gasteiger partial charge in [0.1, 0.15) is 0 Å². The van der Waals surface area contributed by atoms with Gasteiger partial charge in [-0.3, -0.25) is 0 Å². The van der Waals surface area contributed by atoms with Gasteiger partial charge in [0, 0.05) is 20.7 Å². The summed E-state index contributed by atoms with van der Waals surface area (Å²) in [6, 6.07) is 14.3. The third-order valence-electron chi connectivity index (χ3n) is 2.65. The molecular weight excluding hydrogens is 377 g/mol. The molecule has 2 rings (SSSR count). The number of anilines is 1. The number of hydrogen-bond donors (Lipinski definition) is 1. The van der Waals surface area contributed by atoms with Crippen LogP contribution in [0.15, 0.2) is 51.4 Å². The summed E-state index contributed by atoms with van der Waals surface area (Å²) >= 11 is 12.9. The van der Waals surface area contributed by atoms with Crippen LogP contribution in [0.5, 0.6) is 0 Å². The maximum absolute atomic E-state index is 5.97. The first-order chi connectivity index (χ1) is 8.56. The van der Waals surface area contributed by atoms with Crippen LogP contribution in [0, 0.1) is 0 Å². The zero-order valence-electron chi connectivity index (χ0n) is 9.75. The van der Waals surface area contributed by atoms with Crippen molar-refractivity contribution < 1.29 is 0 Å². The molecule has 0 saturated carbocycles. The zero-order chi connectivity index (χ0) is 13.1. The van der Waals surface area contributed by atoms with Crippen LogP contribution in [0.3, 0.4) is 0 Å². The van der Waals surface area contributed by atoms with Gasteiger partial charge in [-0.2, -0.15) is 0 Å². The van der Waals surface area contributed by atoms with E-state index in [2.05, 4.69) is 56.2 Å². The van der Waals surface area contributed by atoms with Crippen molar-refractivity contribution in [1.29, 1.82) is 0 Å². The van der Waals surface area contributed by atoms with Crippen LogP contribution >= 0.6 is 43.5 Å². The lowest BCUT2D eigenvalue weighted by molar-refractivity contribution is 0.883. The lowest BCUT2D eigenvalue weighted by Gasteiger charge is -2.16. The van der Waals surface area contributed by atoms with Crippen molar-refractivity contribution in [2.45, 2.75) is 13.0 Å². The van der Waals surface area contributed by atoms with E-state index >= 15 is 0 Å². The third-order valence-corrected chi connectivity index (χ3v) is 4.36. The second-order valence-electron chi connectivity index (χ2n) is 4.05. The molecule has 0 radical (unpaired) electrons. The number of hydrogen-bond acceptors (Lipinski definition) is 1. The third kappa shape index (κ3) is 3.50. The van der Waals surface area contributed by atoms with Gasteiger partial charge < -0.3 is 5.32 Å². The molecule has 1 atom stereocenters. The Hall–Kier alpha value is -0.510. The zero-order valence-corrected chi connectivity index (χ0v) is 13.7. The molecule has 1 nitrogen and oxygen atoms in total. The second kappa shape index (κ2) is 6.09. The van der Waals surface area contributed by atoms with E-state index in [1.165, 1.54) is 5.56 Å². The van der Waals surface area contributed by atoms with Gasteiger partial charge in [-0.25, -0.2) is 0 Å². The van der Waals surface area contributed by atoms with Crippen LogP contribution in [-0.2, 0) is 0 Å². The molecule has 1 N–H and O–H groups in total. The molecule has 2 aromatic rings. The highest BCUT2D eigenvalue weighted by atomic mass is 79.9. The molecule has 0 bridgehead atoms. The Morgan fingerprint density at radius 3 is 2.56 bits per heavy atom. The standard InChI is InChI=1S/C14H12Br2ClN/c1-9(10-3-2-4-11(15)7-10)18-12-5-6-14(17)13(16)8-12/h2-9,18H,1H3. The van der Waals surface area contributed by atoms with E-state index in [0.717, 1.165) is 19.7 Å². The van der Waals surface area contributed by atoms with Crippen LogP contribution < -0.4 is 5.32 Å². The first-order valence-corrected chi connectivity index (χ1v) is 7.50. The Kier molecular flexibility index (Phi) is 4.71. The van der Waals surface area contributed by atoms with Gasteiger partial charge in [0.05, 0.1) is 5.02 Å². The van der Waals surface area contributed by atoms with Crippen molar-refractivity contribution in [2.24, 2.45) is 0 Å². The fourth-order valence-corrected chi connectivity index (χ4v) is 2.61. The molecule has 0 aliphatic heterocycles. The van der Waals surface area contributed by atoms with E-state index in [9.17, 15) is 0 Å². The van der Waals surface area contributed by atoms with Crippen LogP contribution in [0.4, 0.5) is 5.69 Å². The quantitative estimate of drug-likeness (QED) is 0.675. The van der Waals surface area contributed by atoms with Gasteiger partial charge in [-0.05, 0) is 58.7 Å². The number of nitrogens with one attached hydrogen (secondary N) is 1. The minimum Gasteiger partial charge on any atom is -0.378 e. The van der Waals surface area contributed by atoms with Crippen LogP contribution in [-0.4, -0.2) is 0 Å². The Labute approximate surface area is 129 Å². The molecule has 0 aromatic heterocycles. The van der Waals surface area contributed by atoms with Gasteiger partial charge in [0.2, 0.25) is 0 Å². The predicted octanol–water partition coefficient (Wildman–Crippen LogP) is 6.04. The van der Waals surface area contributed by atoms with Crippen molar-refractivity contribution >= 4 is 49.1 Å². The van der Waals surface area contributed by atoms with Gasteiger partial charge in [0.25, 0.3) is 0 Å². The molecule has 18 heavy (non-hydrogen) atoms. The van der Waals surface area contributed by atoms with Crippen LogP contribution in [0.1, 0.15) is 18.5 Å². The Bertz CT molecular complexity index is 557. The summed E-state index contributed by atoms with van der Waals surface area (Å²) in [5.74, 6) is 0. The van der Waals surface area contributed by atoms with Crippen molar-refractivity contribution in [3.8, 4) is 0 Å². The SMILES string of the molecule is CC(Nc1ccc(Cl)c(Br)c1)c1cccc(Br)c1.